The summed E-state index contributed by atoms with van der Waals surface area (Å²) < 4.78 is 8.78. The first kappa shape index (κ1) is 36.5. The highest BCUT2D eigenvalue weighted by atomic mass is 16.3. The SMILES string of the molecule is c1ccc(-c2cc(-c3ccc(N(c4ccccc4)c4ccc(-c5cccc6c5oc5ccccc56)cc4)cc3)cc(-c3ccc4c(c3)c3ccccc3n4-c3ccccc3)c2)cc1. The van der Waals surface area contributed by atoms with E-state index in [1.165, 1.54) is 49.6 Å². The van der Waals surface area contributed by atoms with Crippen LogP contribution in [0.5, 0.6) is 0 Å². The maximum atomic E-state index is 6.40. The number of benzene rings is 10. The Kier molecular flexibility index (Phi) is 8.83. The number of furan rings is 1. The van der Waals surface area contributed by atoms with Crippen LogP contribution in [0.25, 0.3) is 93.9 Å². The van der Waals surface area contributed by atoms with Crippen molar-refractivity contribution in [2.45, 2.75) is 0 Å². The molecule has 2 heterocycles. The Morgan fingerprint density at radius 2 is 0.810 bits per heavy atom. The molecule has 10 aromatic carbocycles. The van der Waals surface area contributed by atoms with Crippen LogP contribution in [0.1, 0.15) is 0 Å². The molecule has 3 heteroatoms. The number of hydrogen-bond donors (Lipinski definition) is 0. The molecule has 0 unspecified atom stereocenters. The van der Waals surface area contributed by atoms with Gasteiger partial charge in [-0.15, -0.1) is 0 Å². The van der Waals surface area contributed by atoms with Gasteiger partial charge in [0.25, 0.3) is 0 Å². The molecule has 0 atom stereocenters. The van der Waals surface area contributed by atoms with E-state index in [9.17, 15) is 0 Å². The lowest BCUT2D eigenvalue weighted by atomic mass is 9.92. The van der Waals surface area contributed by atoms with Crippen molar-refractivity contribution in [2.75, 3.05) is 4.90 Å². The van der Waals surface area contributed by atoms with Crippen molar-refractivity contribution in [3.05, 3.63) is 243 Å². The van der Waals surface area contributed by atoms with Crippen LogP contribution < -0.4 is 4.90 Å². The topological polar surface area (TPSA) is 21.3 Å². The maximum Gasteiger partial charge on any atom is 0.143 e. The van der Waals surface area contributed by atoms with Crippen LogP contribution in [0.3, 0.4) is 0 Å². The second kappa shape index (κ2) is 15.3. The summed E-state index contributed by atoms with van der Waals surface area (Å²) in [6.45, 7) is 0. The second-order valence-corrected chi connectivity index (χ2v) is 16.1. The molecule has 12 rings (SSSR count). The van der Waals surface area contributed by atoms with E-state index in [0.717, 1.165) is 61.4 Å². The highest BCUT2D eigenvalue weighted by molar-refractivity contribution is 6.11. The van der Waals surface area contributed by atoms with Crippen LogP contribution in [-0.4, -0.2) is 4.57 Å². The van der Waals surface area contributed by atoms with Gasteiger partial charge in [-0.25, -0.2) is 0 Å². The van der Waals surface area contributed by atoms with Gasteiger partial charge in [-0.3, -0.25) is 0 Å². The van der Waals surface area contributed by atoms with Crippen LogP contribution in [0.4, 0.5) is 17.1 Å². The molecule has 0 aliphatic rings. The molecule has 0 saturated carbocycles. The third-order valence-electron chi connectivity index (χ3n) is 12.4. The van der Waals surface area contributed by atoms with E-state index in [4.69, 9.17) is 4.42 Å². The van der Waals surface area contributed by atoms with Crippen molar-refractivity contribution < 1.29 is 4.42 Å². The minimum atomic E-state index is 0.906. The van der Waals surface area contributed by atoms with E-state index in [2.05, 4.69) is 240 Å². The number of anilines is 3. The number of nitrogens with zero attached hydrogens (tertiary/aromatic N) is 2. The Labute approximate surface area is 366 Å². The predicted octanol–water partition coefficient (Wildman–Crippen LogP) is 16.8. The standard InChI is InChI=1S/C60H40N2O/c1-4-15-41(16-5-1)45-37-46(39-47(38-45)44-31-36-58-56(40-44)53-21-10-12-25-57(53)62(58)49-19-8-3-9-20-49)42-27-32-50(33-28-42)61(48-17-6-2-7-18-48)51-34-29-43(30-35-51)52-23-14-24-55-54-22-11-13-26-59(54)63-60(52)55/h1-40H. The Balaban J connectivity index is 0.932. The van der Waals surface area contributed by atoms with Crippen molar-refractivity contribution in [2.24, 2.45) is 0 Å². The summed E-state index contributed by atoms with van der Waals surface area (Å²) in [5, 5.41) is 4.75. The summed E-state index contributed by atoms with van der Waals surface area (Å²) in [6.07, 6.45) is 0. The third-order valence-corrected chi connectivity index (χ3v) is 12.4. The van der Waals surface area contributed by atoms with Gasteiger partial charge in [0.1, 0.15) is 11.2 Å². The monoisotopic (exact) mass is 804 g/mol. The minimum Gasteiger partial charge on any atom is -0.455 e. The molecule has 63 heavy (non-hydrogen) atoms. The van der Waals surface area contributed by atoms with Gasteiger partial charge in [0, 0.05) is 49.9 Å². The molecule has 296 valence electrons. The fourth-order valence-electron chi connectivity index (χ4n) is 9.36. The van der Waals surface area contributed by atoms with E-state index >= 15 is 0 Å². The van der Waals surface area contributed by atoms with Crippen LogP contribution in [0.2, 0.25) is 0 Å². The van der Waals surface area contributed by atoms with Crippen LogP contribution >= 0.6 is 0 Å². The molecular formula is C60H40N2O. The molecule has 0 aliphatic carbocycles. The average molecular weight is 805 g/mol. The molecule has 2 aromatic heterocycles. The van der Waals surface area contributed by atoms with Crippen molar-refractivity contribution >= 4 is 60.8 Å². The lowest BCUT2D eigenvalue weighted by Crippen LogP contribution is -2.09. The fraction of sp³-hybridized carbons (Fsp3) is 0. The molecule has 0 radical (unpaired) electrons. The van der Waals surface area contributed by atoms with Crippen molar-refractivity contribution in [3.8, 4) is 50.2 Å². The predicted molar refractivity (Wildman–Crippen MR) is 264 cm³/mol. The molecule has 0 bridgehead atoms. The molecule has 12 aromatic rings. The zero-order valence-electron chi connectivity index (χ0n) is 34.4. The van der Waals surface area contributed by atoms with Crippen molar-refractivity contribution in [3.63, 3.8) is 0 Å². The number of aromatic nitrogens is 1. The first-order valence-corrected chi connectivity index (χ1v) is 21.5. The highest BCUT2D eigenvalue weighted by Crippen LogP contribution is 2.41. The summed E-state index contributed by atoms with van der Waals surface area (Å²) in [5.41, 5.74) is 17.9. The normalized spacial score (nSPS) is 11.5. The lowest BCUT2D eigenvalue weighted by molar-refractivity contribution is 0.670. The summed E-state index contributed by atoms with van der Waals surface area (Å²) in [5.74, 6) is 0. The van der Waals surface area contributed by atoms with E-state index in [-0.39, 0.29) is 0 Å². The molecule has 0 aliphatic heterocycles. The van der Waals surface area contributed by atoms with Crippen LogP contribution in [0, 0.1) is 0 Å². The van der Waals surface area contributed by atoms with E-state index in [1.807, 2.05) is 12.1 Å². The Bertz CT molecular complexity index is 3590. The zero-order chi connectivity index (χ0) is 41.7. The minimum absolute atomic E-state index is 0.906. The smallest absolute Gasteiger partial charge is 0.143 e. The molecule has 0 N–H and O–H groups in total. The van der Waals surface area contributed by atoms with Crippen molar-refractivity contribution in [1.29, 1.82) is 0 Å². The molecule has 0 spiro atoms. The van der Waals surface area contributed by atoms with Gasteiger partial charge in [0.15, 0.2) is 0 Å². The van der Waals surface area contributed by atoms with Crippen LogP contribution in [0.15, 0.2) is 247 Å². The highest BCUT2D eigenvalue weighted by Gasteiger charge is 2.17. The van der Waals surface area contributed by atoms with Crippen molar-refractivity contribution in [1.82, 2.24) is 4.57 Å². The summed E-state index contributed by atoms with van der Waals surface area (Å²) >= 11 is 0. The summed E-state index contributed by atoms with van der Waals surface area (Å²) in [6, 6.07) is 87.1. The van der Waals surface area contributed by atoms with E-state index < -0.39 is 0 Å². The number of hydrogen-bond acceptors (Lipinski definition) is 2. The fourth-order valence-corrected chi connectivity index (χ4v) is 9.36. The Hall–Kier alpha value is -8.40. The maximum absolute atomic E-state index is 6.40. The quantitative estimate of drug-likeness (QED) is 0.153. The second-order valence-electron chi connectivity index (χ2n) is 16.1. The first-order chi connectivity index (χ1) is 31.2. The zero-order valence-corrected chi connectivity index (χ0v) is 34.4. The van der Waals surface area contributed by atoms with E-state index in [0.29, 0.717) is 0 Å². The van der Waals surface area contributed by atoms with Gasteiger partial charge in [-0.1, -0.05) is 152 Å². The first-order valence-electron chi connectivity index (χ1n) is 21.5. The molecule has 0 fully saturated rings. The third kappa shape index (κ3) is 6.46. The van der Waals surface area contributed by atoms with Gasteiger partial charge in [-0.05, 0) is 130 Å². The molecule has 0 saturated heterocycles. The summed E-state index contributed by atoms with van der Waals surface area (Å²) in [7, 11) is 0. The largest absolute Gasteiger partial charge is 0.455 e. The van der Waals surface area contributed by atoms with Gasteiger partial charge < -0.3 is 13.9 Å². The van der Waals surface area contributed by atoms with Gasteiger partial charge >= 0.3 is 0 Å². The lowest BCUT2D eigenvalue weighted by Gasteiger charge is -2.26. The molecule has 3 nitrogen and oxygen atoms in total. The Morgan fingerprint density at radius 1 is 0.302 bits per heavy atom. The summed E-state index contributed by atoms with van der Waals surface area (Å²) in [4.78, 5) is 2.32. The van der Waals surface area contributed by atoms with Gasteiger partial charge in [0.2, 0.25) is 0 Å². The van der Waals surface area contributed by atoms with Crippen LogP contribution in [-0.2, 0) is 0 Å². The average Bonchev–Trinajstić information content (AvgIpc) is 3.91. The van der Waals surface area contributed by atoms with Gasteiger partial charge in [0.05, 0.1) is 11.0 Å². The van der Waals surface area contributed by atoms with E-state index in [1.54, 1.807) is 0 Å². The molecular weight excluding hydrogens is 765 g/mol. The molecule has 0 amide bonds. The number of fused-ring (bicyclic) bond motifs is 6. The Morgan fingerprint density at radius 3 is 1.52 bits per heavy atom. The number of rotatable bonds is 8. The number of para-hydroxylation sites is 5. The van der Waals surface area contributed by atoms with Gasteiger partial charge in [-0.2, -0.15) is 0 Å².